The van der Waals surface area contributed by atoms with Crippen LogP contribution in [-0.2, 0) is 4.74 Å². The smallest absolute Gasteiger partial charge is 0.338 e. The Labute approximate surface area is 168 Å². The Morgan fingerprint density at radius 2 is 1.93 bits per heavy atom. The first kappa shape index (κ1) is 18.6. The quantitative estimate of drug-likeness (QED) is 0.492. The van der Waals surface area contributed by atoms with Crippen LogP contribution in [0.4, 0.5) is 11.5 Å². The number of aromatic nitrogens is 3. The van der Waals surface area contributed by atoms with E-state index in [1.54, 1.807) is 31.5 Å². The van der Waals surface area contributed by atoms with Crippen molar-refractivity contribution in [1.82, 2.24) is 15.2 Å². The second-order valence-corrected chi connectivity index (χ2v) is 6.59. The Kier molecular flexibility index (Phi) is 5.16. The number of pyridine rings is 1. The summed E-state index contributed by atoms with van der Waals surface area (Å²) in [6.07, 6.45) is 3.54. The number of benzene rings is 2. The maximum atomic E-state index is 11.8. The van der Waals surface area contributed by atoms with Gasteiger partial charge in [-0.1, -0.05) is 12.1 Å². The number of carbonyl (C=O) groups is 1. The topological polar surface area (TPSA) is 77.0 Å². The van der Waals surface area contributed by atoms with Crippen molar-refractivity contribution < 1.29 is 9.53 Å². The third kappa shape index (κ3) is 3.91. The van der Waals surface area contributed by atoms with Crippen molar-refractivity contribution in [1.29, 1.82) is 0 Å². The number of esters is 1. The molecule has 29 heavy (non-hydrogen) atoms. The summed E-state index contributed by atoms with van der Waals surface area (Å²) in [6.45, 7) is 4.18. The number of aryl methyl sites for hydroxylation is 1. The maximum absolute atomic E-state index is 11.8. The number of carbonyl (C=O) groups excluding carboxylic acids is 1. The minimum Gasteiger partial charge on any atom is -0.462 e. The van der Waals surface area contributed by atoms with Crippen LogP contribution >= 0.6 is 0 Å². The number of fused-ring (bicyclic) bond motifs is 1. The van der Waals surface area contributed by atoms with Crippen LogP contribution in [0.15, 0.2) is 67.0 Å². The maximum Gasteiger partial charge on any atom is 0.338 e. The van der Waals surface area contributed by atoms with Crippen molar-refractivity contribution >= 4 is 28.2 Å². The largest absolute Gasteiger partial charge is 0.462 e. The van der Waals surface area contributed by atoms with Crippen LogP contribution in [0.3, 0.4) is 0 Å². The number of nitrogens with zero attached hydrogens (tertiary/aromatic N) is 3. The Balaban J connectivity index is 1.63. The molecule has 0 unspecified atom stereocenters. The Morgan fingerprint density at radius 1 is 1.10 bits per heavy atom. The number of ether oxygens (including phenoxy) is 1. The molecule has 2 aromatic heterocycles. The second kappa shape index (κ2) is 8.06. The molecule has 0 radical (unpaired) electrons. The molecule has 1 N–H and O–H groups in total. The zero-order chi connectivity index (χ0) is 20.2. The van der Waals surface area contributed by atoms with Crippen molar-refractivity contribution in [2.45, 2.75) is 13.8 Å². The molecular weight excluding hydrogens is 364 g/mol. The van der Waals surface area contributed by atoms with Crippen LogP contribution in [0.1, 0.15) is 22.8 Å². The van der Waals surface area contributed by atoms with E-state index in [-0.39, 0.29) is 5.97 Å². The van der Waals surface area contributed by atoms with Gasteiger partial charge in [-0.05, 0) is 61.9 Å². The summed E-state index contributed by atoms with van der Waals surface area (Å²) in [5.74, 6) is 0.317. The minimum absolute atomic E-state index is 0.332. The van der Waals surface area contributed by atoms with Gasteiger partial charge in [-0.2, -0.15) is 5.10 Å². The van der Waals surface area contributed by atoms with Gasteiger partial charge in [0.25, 0.3) is 0 Å². The lowest BCUT2D eigenvalue weighted by atomic mass is 10.0. The fourth-order valence-electron chi connectivity index (χ4n) is 3.16. The van der Waals surface area contributed by atoms with Gasteiger partial charge < -0.3 is 10.1 Å². The van der Waals surface area contributed by atoms with E-state index in [9.17, 15) is 4.79 Å². The van der Waals surface area contributed by atoms with Crippen molar-refractivity contribution in [2.75, 3.05) is 11.9 Å². The summed E-state index contributed by atoms with van der Waals surface area (Å²) in [5.41, 5.74) is 4.43. The Bertz CT molecular complexity index is 1170. The predicted octanol–water partition coefficient (Wildman–Crippen LogP) is 4.92. The molecule has 4 rings (SSSR count). The molecule has 4 aromatic rings. The van der Waals surface area contributed by atoms with Crippen molar-refractivity contribution in [3.63, 3.8) is 0 Å². The molecule has 6 nitrogen and oxygen atoms in total. The van der Waals surface area contributed by atoms with E-state index in [2.05, 4.69) is 26.6 Å². The summed E-state index contributed by atoms with van der Waals surface area (Å²) >= 11 is 0. The van der Waals surface area contributed by atoms with Crippen LogP contribution < -0.4 is 5.32 Å². The highest BCUT2D eigenvalue weighted by Crippen LogP contribution is 2.29. The molecule has 0 fully saturated rings. The van der Waals surface area contributed by atoms with Crippen LogP contribution in [0.2, 0.25) is 0 Å². The van der Waals surface area contributed by atoms with E-state index >= 15 is 0 Å². The number of nitrogens with one attached hydrogen (secondary N) is 1. The summed E-state index contributed by atoms with van der Waals surface area (Å²) in [6, 6.07) is 17.2. The first-order valence-electron chi connectivity index (χ1n) is 9.37. The van der Waals surface area contributed by atoms with Gasteiger partial charge in [0.15, 0.2) is 5.82 Å². The number of anilines is 2. The zero-order valence-corrected chi connectivity index (χ0v) is 16.2. The highest BCUT2D eigenvalue weighted by molar-refractivity contribution is 5.95. The predicted molar refractivity (Wildman–Crippen MR) is 113 cm³/mol. The molecular formula is C23H20N4O2. The number of rotatable bonds is 5. The molecule has 144 valence electrons. The highest BCUT2D eigenvalue weighted by Gasteiger charge is 2.09. The molecule has 0 aliphatic rings. The first-order chi connectivity index (χ1) is 14.2. The molecule has 0 spiro atoms. The lowest BCUT2D eigenvalue weighted by molar-refractivity contribution is 0.0526. The van der Waals surface area contributed by atoms with Crippen LogP contribution in [0.25, 0.3) is 22.0 Å². The average Bonchev–Trinajstić information content (AvgIpc) is 2.74. The molecule has 0 saturated carbocycles. The average molecular weight is 384 g/mol. The molecule has 0 aliphatic carbocycles. The Hall–Kier alpha value is -3.80. The van der Waals surface area contributed by atoms with E-state index in [1.807, 2.05) is 43.3 Å². The standard InChI is InChI=1S/C23H20N4O2/c1-3-29-23(28)16-6-9-19(10-7-16)26-22-20-11-8-17(13-18(20)14-25-27-22)21-15(2)5-4-12-24-21/h4-14H,3H2,1-2H3,(H,26,27). The van der Waals surface area contributed by atoms with Gasteiger partial charge in [-0.25, -0.2) is 4.79 Å². The van der Waals surface area contributed by atoms with Gasteiger partial charge in [0, 0.05) is 28.2 Å². The fourth-order valence-corrected chi connectivity index (χ4v) is 3.16. The first-order valence-corrected chi connectivity index (χ1v) is 9.37. The Morgan fingerprint density at radius 3 is 2.69 bits per heavy atom. The van der Waals surface area contributed by atoms with E-state index < -0.39 is 0 Å². The van der Waals surface area contributed by atoms with E-state index in [1.165, 1.54) is 0 Å². The molecule has 2 heterocycles. The molecule has 0 saturated heterocycles. The molecule has 0 aliphatic heterocycles. The normalized spacial score (nSPS) is 10.7. The second-order valence-electron chi connectivity index (χ2n) is 6.59. The van der Waals surface area contributed by atoms with Gasteiger partial charge >= 0.3 is 5.97 Å². The summed E-state index contributed by atoms with van der Waals surface area (Å²) in [4.78, 5) is 16.3. The lowest BCUT2D eigenvalue weighted by Crippen LogP contribution is -2.04. The monoisotopic (exact) mass is 384 g/mol. The van der Waals surface area contributed by atoms with Crippen molar-refractivity contribution in [3.05, 3.63) is 78.1 Å². The lowest BCUT2D eigenvalue weighted by Gasteiger charge is -2.10. The molecule has 0 bridgehead atoms. The minimum atomic E-state index is -0.332. The zero-order valence-electron chi connectivity index (χ0n) is 16.2. The van der Waals surface area contributed by atoms with E-state index in [0.29, 0.717) is 18.0 Å². The van der Waals surface area contributed by atoms with Crippen LogP contribution in [0.5, 0.6) is 0 Å². The third-order valence-electron chi connectivity index (χ3n) is 4.60. The number of hydrogen-bond donors (Lipinski definition) is 1. The van der Waals surface area contributed by atoms with Crippen LogP contribution in [0, 0.1) is 6.92 Å². The number of hydrogen-bond acceptors (Lipinski definition) is 6. The van der Waals surface area contributed by atoms with Gasteiger partial charge in [-0.15, -0.1) is 5.10 Å². The SMILES string of the molecule is CCOC(=O)c1ccc(Nc2nncc3cc(-c4ncccc4C)ccc23)cc1. The highest BCUT2D eigenvalue weighted by atomic mass is 16.5. The summed E-state index contributed by atoms with van der Waals surface area (Å²) < 4.78 is 5.01. The van der Waals surface area contributed by atoms with Gasteiger partial charge in [-0.3, -0.25) is 4.98 Å². The van der Waals surface area contributed by atoms with E-state index in [0.717, 1.165) is 33.3 Å². The molecule has 0 amide bonds. The molecule has 0 atom stereocenters. The van der Waals surface area contributed by atoms with Gasteiger partial charge in [0.05, 0.1) is 24.1 Å². The third-order valence-corrected chi connectivity index (χ3v) is 4.60. The summed E-state index contributed by atoms with van der Waals surface area (Å²) in [7, 11) is 0. The van der Waals surface area contributed by atoms with E-state index in [4.69, 9.17) is 4.74 Å². The van der Waals surface area contributed by atoms with Crippen molar-refractivity contribution in [3.8, 4) is 11.3 Å². The van der Waals surface area contributed by atoms with Gasteiger partial charge in [0.1, 0.15) is 0 Å². The molecule has 2 aromatic carbocycles. The molecule has 6 heteroatoms. The fraction of sp³-hybridized carbons (Fsp3) is 0.130. The van der Waals surface area contributed by atoms with Crippen LogP contribution in [-0.4, -0.2) is 27.8 Å². The van der Waals surface area contributed by atoms with Crippen molar-refractivity contribution in [2.24, 2.45) is 0 Å². The van der Waals surface area contributed by atoms with Gasteiger partial charge in [0.2, 0.25) is 0 Å². The summed E-state index contributed by atoms with van der Waals surface area (Å²) in [5, 5.41) is 13.6.